The number of rotatable bonds is 4. The molecule has 5 nitrogen and oxygen atoms in total. The number of hydrogen-bond donors (Lipinski definition) is 2. The molecule has 0 aliphatic carbocycles. The molecule has 0 atom stereocenters. The number of nitrogen functional groups attached to an aromatic ring is 1. The van der Waals surface area contributed by atoms with Crippen molar-refractivity contribution >= 4 is 29.0 Å². The molecule has 0 fully saturated rings. The Morgan fingerprint density at radius 1 is 1.41 bits per heavy atom. The predicted octanol–water partition coefficient (Wildman–Crippen LogP) is 1.43. The summed E-state index contributed by atoms with van der Waals surface area (Å²) in [6.45, 7) is 0. The lowest BCUT2D eigenvalue weighted by molar-refractivity contribution is 0.0953. The van der Waals surface area contributed by atoms with Gasteiger partial charge in [0.05, 0.1) is 0 Å². The smallest absolute Gasteiger partial charge is 0.265 e. The van der Waals surface area contributed by atoms with Crippen LogP contribution in [0.1, 0.15) is 15.9 Å². The van der Waals surface area contributed by atoms with Crippen molar-refractivity contribution in [1.29, 1.82) is 0 Å². The molecule has 1 heterocycles. The van der Waals surface area contributed by atoms with Crippen molar-refractivity contribution in [1.82, 2.24) is 15.6 Å². The van der Waals surface area contributed by atoms with Crippen LogP contribution in [-0.4, -0.2) is 16.1 Å². The zero-order valence-electron chi connectivity index (χ0n) is 8.79. The zero-order chi connectivity index (χ0) is 12.1. The van der Waals surface area contributed by atoms with Gasteiger partial charge in [-0.2, -0.15) is 0 Å². The molecule has 3 N–H and O–H groups in total. The Kier molecular flexibility index (Phi) is 4.08. The van der Waals surface area contributed by atoms with Gasteiger partial charge in [-0.25, -0.2) is 5.84 Å². The Bertz CT molecular complexity index is 484. The van der Waals surface area contributed by atoms with Crippen LogP contribution in [0.2, 0.25) is 0 Å². The van der Waals surface area contributed by atoms with Crippen molar-refractivity contribution < 1.29 is 4.79 Å². The summed E-state index contributed by atoms with van der Waals surface area (Å²) in [6, 6.07) is 7.30. The third kappa shape index (κ3) is 3.26. The monoisotopic (exact) mass is 266 g/mol. The van der Waals surface area contributed by atoms with Crippen molar-refractivity contribution in [2.24, 2.45) is 5.84 Å². The van der Waals surface area contributed by atoms with Crippen molar-refractivity contribution in [2.45, 2.75) is 10.1 Å². The maximum Gasteiger partial charge on any atom is 0.265 e. The molecule has 88 valence electrons. The van der Waals surface area contributed by atoms with Gasteiger partial charge in [0.15, 0.2) is 4.34 Å². The lowest BCUT2D eigenvalue weighted by Crippen LogP contribution is -2.29. The Balaban J connectivity index is 1.96. The maximum absolute atomic E-state index is 11.2. The molecule has 7 heteroatoms. The summed E-state index contributed by atoms with van der Waals surface area (Å²) in [4.78, 5) is 11.2. The molecule has 0 spiro atoms. The quantitative estimate of drug-likeness (QED) is 0.379. The van der Waals surface area contributed by atoms with E-state index in [1.165, 1.54) is 11.3 Å². The van der Waals surface area contributed by atoms with E-state index in [0.717, 1.165) is 15.7 Å². The van der Waals surface area contributed by atoms with Crippen LogP contribution < -0.4 is 11.3 Å². The minimum absolute atomic E-state index is 0.284. The molecule has 2 rings (SSSR count). The van der Waals surface area contributed by atoms with Gasteiger partial charge in [0.2, 0.25) is 0 Å². The highest BCUT2D eigenvalue weighted by molar-refractivity contribution is 8.00. The van der Waals surface area contributed by atoms with Gasteiger partial charge in [-0.3, -0.25) is 10.2 Å². The lowest BCUT2D eigenvalue weighted by Gasteiger charge is -2.01. The molecule has 0 saturated heterocycles. The first-order valence-electron chi connectivity index (χ1n) is 4.78. The molecule has 0 unspecified atom stereocenters. The number of nitrogens with two attached hydrogens (primary N) is 1. The number of nitrogens with one attached hydrogen (secondary N) is 1. The third-order valence-electron chi connectivity index (χ3n) is 2.05. The SMILES string of the molecule is NNC(=O)c1ccc(CSc2nncs2)cc1. The van der Waals surface area contributed by atoms with Crippen LogP contribution in [0, 0.1) is 0 Å². The molecule has 0 radical (unpaired) electrons. The number of thioether (sulfide) groups is 1. The number of aromatic nitrogens is 2. The number of hydrogen-bond acceptors (Lipinski definition) is 6. The van der Waals surface area contributed by atoms with Crippen molar-refractivity contribution in [2.75, 3.05) is 0 Å². The second-order valence-corrected chi connectivity index (χ2v) is 5.22. The van der Waals surface area contributed by atoms with Crippen LogP contribution in [0.5, 0.6) is 0 Å². The van der Waals surface area contributed by atoms with Gasteiger partial charge in [0, 0.05) is 11.3 Å². The summed E-state index contributed by atoms with van der Waals surface area (Å²) in [5.41, 5.74) is 5.48. The summed E-state index contributed by atoms with van der Waals surface area (Å²) >= 11 is 3.13. The van der Waals surface area contributed by atoms with E-state index in [1.54, 1.807) is 29.4 Å². The lowest BCUT2D eigenvalue weighted by atomic mass is 10.1. The van der Waals surface area contributed by atoms with Gasteiger partial charge >= 0.3 is 0 Å². The average molecular weight is 266 g/mol. The van der Waals surface area contributed by atoms with Gasteiger partial charge in [-0.15, -0.1) is 10.2 Å². The normalized spacial score (nSPS) is 10.2. The number of benzene rings is 1. The maximum atomic E-state index is 11.2. The number of hydrazine groups is 1. The number of nitrogens with zero attached hydrogens (tertiary/aromatic N) is 2. The standard InChI is InChI=1S/C10H10N4OS2/c11-13-9(15)8-3-1-7(2-4-8)5-16-10-14-12-6-17-10/h1-4,6H,5,11H2,(H,13,15). The van der Waals surface area contributed by atoms with Gasteiger partial charge in [0.25, 0.3) is 5.91 Å². The van der Waals surface area contributed by atoms with Crippen LogP contribution in [0.15, 0.2) is 34.1 Å². The van der Waals surface area contributed by atoms with E-state index in [0.29, 0.717) is 5.56 Å². The van der Waals surface area contributed by atoms with E-state index >= 15 is 0 Å². The highest BCUT2D eigenvalue weighted by Crippen LogP contribution is 2.23. The second-order valence-electron chi connectivity index (χ2n) is 3.16. The summed E-state index contributed by atoms with van der Waals surface area (Å²) < 4.78 is 0.939. The molecular formula is C10H10N4OS2. The highest BCUT2D eigenvalue weighted by atomic mass is 32.2. The fraction of sp³-hybridized carbons (Fsp3) is 0.100. The molecule has 0 saturated carbocycles. The van der Waals surface area contributed by atoms with Gasteiger partial charge < -0.3 is 0 Å². The van der Waals surface area contributed by atoms with Crippen molar-refractivity contribution in [3.8, 4) is 0 Å². The van der Waals surface area contributed by atoms with E-state index < -0.39 is 0 Å². The first-order valence-corrected chi connectivity index (χ1v) is 6.65. The molecule has 1 aromatic carbocycles. The van der Waals surface area contributed by atoms with Crippen molar-refractivity contribution in [3.63, 3.8) is 0 Å². The molecular weight excluding hydrogens is 256 g/mol. The second kappa shape index (κ2) is 5.76. The topological polar surface area (TPSA) is 80.9 Å². The average Bonchev–Trinajstić information content (AvgIpc) is 2.89. The van der Waals surface area contributed by atoms with E-state index in [1.807, 2.05) is 12.1 Å². The predicted molar refractivity (Wildman–Crippen MR) is 67.6 cm³/mol. The molecule has 1 amide bonds. The largest absolute Gasteiger partial charge is 0.290 e. The number of amides is 1. The summed E-state index contributed by atoms with van der Waals surface area (Å²) in [5.74, 6) is 5.57. The minimum Gasteiger partial charge on any atom is -0.290 e. The Morgan fingerprint density at radius 2 is 2.18 bits per heavy atom. The molecule has 0 bridgehead atoms. The molecule has 0 aliphatic rings. The van der Waals surface area contributed by atoms with E-state index in [4.69, 9.17) is 5.84 Å². The van der Waals surface area contributed by atoms with Gasteiger partial charge in [-0.1, -0.05) is 35.2 Å². The van der Waals surface area contributed by atoms with E-state index in [2.05, 4.69) is 15.6 Å². The van der Waals surface area contributed by atoms with Gasteiger partial charge in [-0.05, 0) is 17.7 Å². The zero-order valence-corrected chi connectivity index (χ0v) is 10.4. The summed E-state index contributed by atoms with van der Waals surface area (Å²) in [7, 11) is 0. The van der Waals surface area contributed by atoms with E-state index in [-0.39, 0.29) is 5.91 Å². The molecule has 17 heavy (non-hydrogen) atoms. The third-order valence-corrected chi connectivity index (χ3v) is 3.98. The fourth-order valence-electron chi connectivity index (χ4n) is 1.21. The number of carbonyl (C=O) groups is 1. The molecule has 1 aromatic heterocycles. The van der Waals surface area contributed by atoms with Gasteiger partial charge in [0.1, 0.15) is 5.51 Å². The first kappa shape index (κ1) is 12.0. The fourth-order valence-corrected chi connectivity index (χ4v) is 2.65. The van der Waals surface area contributed by atoms with Crippen molar-refractivity contribution in [3.05, 3.63) is 40.9 Å². The number of carbonyl (C=O) groups excluding carboxylic acids is 1. The Morgan fingerprint density at radius 3 is 2.76 bits per heavy atom. The van der Waals surface area contributed by atoms with Crippen LogP contribution in [-0.2, 0) is 5.75 Å². The minimum atomic E-state index is -0.284. The first-order chi connectivity index (χ1) is 8.29. The molecule has 0 aliphatic heterocycles. The van der Waals surface area contributed by atoms with Crippen LogP contribution in [0.3, 0.4) is 0 Å². The molecule has 2 aromatic rings. The highest BCUT2D eigenvalue weighted by Gasteiger charge is 2.03. The Hall–Kier alpha value is -1.44. The van der Waals surface area contributed by atoms with E-state index in [9.17, 15) is 4.79 Å². The Labute approximate surface area is 106 Å². The van der Waals surface area contributed by atoms with Crippen LogP contribution in [0.25, 0.3) is 0 Å². The summed E-state index contributed by atoms with van der Waals surface area (Å²) in [6.07, 6.45) is 0. The summed E-state index contributed by atoms with van der Waals surface area (Å²) in [5, 5.41) is 7.70. The van der Waals surface area contributed by atoms with Crippen LogP contribution in [0.4, 0.5) is 0 Å². The van der Waals surface area contributed by atoms with Crippen LogP contribution >= 0.6 is 23.1 Å².